The molecule has 1 aromatic heterocycles. The Balaban J connectivity index is 1.60. The van der Waals surface area contributed by atoms with Gasteiger partial charge in [-0.1, -0.05) is 91.0 Å². The molecule has 3 aromatic carbocycles. The zero-order valence-corrected chi connectivity index (χ0v) is 18.4. The minimum atomic E-state index is 0.695. The van der Waals surface area contributed by atoms with Crippen molar-refractivity contribution in [1.29, 1.82) is 0 Å². The van der Waals surface area contributed by atoms with Crippen molar-refractivity contribution in [2.45, 2.75) is 19.9 Å². The average molecular weight is 428 g/mol. The van der Waals surface area contributed by atoms with E-state index in [0.717, 1.165) is 48.0 Å². The second-order valence-corrected chi connectivity index (χ2v) is 8.10. The number of H-pyrrole nitrogens is 1. The number of aryl methyl sites for hydroxylation is 1. The lowest BCUT2D eigenvalue weighted by Gasteiger charge is -2.26. The molecule has 3 nitrogen and oxygen atoms in total. The molecule has 0 amide bonds. The molecule has 0 unspecified atom stereocenters. The highest BCUT2D eigenvalue weighted by molar-refractivity contribution is 6.30. The van der Waals surface area contributed by atoms with Crippen molar-refractivity contribution in [1.82, 2.24) is 14.9 Å². The molecule has 156 valence electrons. The largest absolute Gasteiger partial charge is 0.366 e. The van der Waals surface area contributed by atoms with E-state index in [-0.39, 0.29) is 0 Å². The first-order chi connectivity index (χ1) is 15.1. The van der Waals surface area contributed by atoms with Crippen LogP contribution >= 0.6 is 11.6 Å². The number of aromatic nitrogens is 2. The van der Waals surface area contributed by atoms with Crippen LogP contribution in [-0.2, 0) is 13.0 Å². The summed E-state index contributed by atoms with van der Waals surface area (Å²) in [6.45, 7) is 8.12. The fourth-order valence-corrected chi connectivity index (χ4v) is 3.88. The number of imidazole rings is 1. The molecule has 0 saturated carbocycles. The van der Waals surface area contributed by atoms with Gasteiger partial charge in [0, 0.05) is 29.4 Å². The first-order valence-corrected chi connectivity index (χ1v) is 10.8. The Bertz CT molecular complexity index is 1150. The van der Waals surface area contributed by atoms with Crippen LogP contribution < -0.4 is 0 Å². The van der Waals surface area contributed by atoms with Gasteiger partial charge in [0.25, 0.3) is 0 Å². The van der Waals surface area contributed by atoms with Crippen molar-refractivity contribution in [3.05, 3.63) is 119 Å². The van der Waals surface area contributed by atoms with Crippen molar-refractivity contribution in [3.8, 4) is 11.4 Å². The number of aromatic amines is 1. The van der Waals surface area contributed by atoms with Crippen LogP contribution in [0.5, 0.6) is 0 Å². The maximum Gasteiger partial charge on any atom is 0.138 e. The second kappa shape index (κ2) is 9.67. The summed E-state index contributed by atoms with van der Waals surface area (Å²) in [6, 6.07) is 28.8. The highest BCUT2D eigenvalue weighted by Crippen LogP contribution is 2.27. The molecule has 31 heavy (non-hydrogen) atoms. The maximum absolute atomic E-state index is 6.18. The van der Waals surface area contributed by atoms with Gasteiger partial charge in [0.2, 0.25) is 0 Å². The Hall–Kier alpha value is -3.30. The van der Waals surface area contributed by atoms with E-state index in [0.29, 0.717) is 5.02 Å². The molecule has 0 fully saturated rings. The van der Waals surface area contributed by atoms with Crippen LogP contribution in [0.1, 0.15) is 22.5 Å². The van der Waals surface area contributed by atoms with E-state index in [2.05, 4.69) is 71.1 Å². The summed E-state index contributed by atoms with van der Waals surface area (Å²) in [6.07, 6.45) is 0.942. The summed E-state index contributed by atoms with van der Waals surface area (Å²) < 4.78 is 0. The van der Waals surface area contributed by atoms with Gasteiger partial charge in [0.15, 0.2) is 0 Å². The van der Waals surface area contributed by atoms with Gasteiger partial charge in [0.1, 0.15) is 11.5 Å². The summed E-state index contributed by atoms with van der Waals surface area (Å²) in [5.41, 5.74) is 6.33. The molecule has 4 heteroatoms. The van der Waals surface area contributed by atoms with E-state index in [1.807, 2.05) is 37.3 Å². The number of halogens is 1. The third-order valence-corrected chi connectivity index (χ3v) is 5.60. The van der Waals surface area contributed by atoms with Crippen LogP contribution in [0.2, 0.25) is 5.02 Å². The Morgan fingerprint density at radius 2 is 1.61 bits per heavy atom. The number of hydrogen-bond donors (Lipinski definition) is 1. The first kappa shape index (κ1) is 21.0. The van der Waals surface area contributed by atoms with Crippen molar-refractivity contribution in [3.63, 3.8) is 0 Å². The third kappa shape index (κ3) is 5.25. The van der Waals surface area contributed by atoms with E-state index < -0.39 is 0 Å². The van der Waals surface area contributed by atoms with Crippen molar-refractivity contribution in [2.75, 3.05) is 6.54 Å². The Kier molecular flexibility index (Phi) is 6.54. The van der Waals surface area contributed by atoms with Crippen molar-refractivity contribution >= 4 is 17.3 Å². The van der Waals surface area contributed by atoms with E-state index in [1.165, 1.54) is 11.1 Å². The van der Waals surface area contributed by atoms with Crippen LogP contribution in [0.4, 0.5) is 0 Å². The molecule has 1 heterocycles. The van der Waals surface area contributed by atoms with Gasteiger partial charge in [-0.15, -0.1) is 0 Å². The quantitative estimate of drug-likeness (QED) is 0.337. The molecule has 0 saturated heterocycles. The van der Waals surface area contributed by atoms with E-state index in [9.17, 15) is 0 Å². The van der Waals surface area contributed by atoms with Crippen molar-refractivity contribution in [2.24, 2.45) is 0 Å². The van der Waals surface area contributed by atoms with E-state index >= 15 is 0 Å². The minimum absolute atomic E-state index is 0.695. The molecule has 0 radical (unpaired) electrons. The monoisotopic (exact) mass is 427 g/mol. The Morgan fingerprint density at radius 1 is 0.935 bits per heavy atom. The average Bonchev–Trinajstić information content (AvgIpc) is 3.19. The first-order valence-electron chi connectivity index (χ1n) is 10.4. The number of rotatable bonds is 8. The second-order valence-electron chi connectivity index (χ2n) is 7.66. The molecule has 1 N–H and O–H groups in total. The standard InChI is InChI=1S/C27H26ClN3/c1-20-26(30-27(29-20)24-14-9-15-25(28)18-24)21(2)31(19-23-12-7-4-8-13-23)17-16-22-10-5-3-6-11-22/h3-15,18H,2,16-17,19H2,1H3,(H,29,30). The minimum Gasteiger partial charge on any atom is -0.366 e. The summed E-state index contributed by atoms with van der Waals surface area (Å²) >= 11 is 6.18. The van der Waals surface area contributed by atoms with Crippen LogP contribution in [0.15, 0.2) is 91.5 Å². The Morgan fingerprint density at radius 3 is 2.29 bits per heavy atom. The molecule has 0 aliphatic heterocycles. The van der Waals surface area contributed by atoms with Gasteiger partial charge in [-0.2, -0.15) is 0 Å². The number of nitrogens with zero attached hydrogens (tertiary/aromatic N) is 2. The predicted molar refractivity (Wildman–Crippen MR) is 130 cm³/mol. The molecule has 0 aliphatic carbocycles. The van der Waals surface area contributed by atoms with Crippen LogP contribution in [0, 0.1) is 6.92 Å². The highest BCUT2D eigenvalue weighted by atomic mass is 35.5. The molecule has 0 aliphatic rings. The van der Waals surface area contributed by atoms with Gasteiger partial charge in [-0.25, -0.2) is 4.98 Å². The number of benzene rings is 3. The summed E-state index contributed by atoms with van der Waals surface area (Å²) in [5, 5.41) is 0.695. The molecular weight excluding hydrogens is 402 g/mol. The van der Waals surface area contributed by atoms with Crippen LogP contribution in [0.3, 0.4) is 0 Å². The van der Waals surface area contributed by atoms with Crippen LogP contribution in [-0.4, -0.2) is 21.4 Å². The smallest absolute Gasteiger partial charge is 0.138 e. The molecule has 4 aromatic rings. The van der Waals surface area contributed by atoms with E-state index in [4.69, 9.17) is 16.6 Å². The van der Waals surface area contributed by atoms with Gasteiger partial charge in [-0.3, -0.25) is 0 Å². The van der Waals surface area contributed by atoms with Gasteiger partial charge < -0.3 is 9.88 Å². The maximum atomic E-state index is 6.18. The predicted octanol–water partition coefficient (Wildman–Crippen LogP) is 6.75. The lowest BCUT2D eigenvalue weighted by molar-refractivity contribution is 0.394. The fraction of sp³-hybridized carbons (Fsp3) is 0.148. The van der Waals surface area contributed by atoms with Gasteiger partial charge >= 0.3 is 0 Å². The molecule has 0 spiro atoms. The highest BCUT2D eigenvalue weighted by Gasteiger charge is 2.17. The van der Waals surface area contributed by atoms with Gasteiger partial charge in [-0.05, 0) is 36.6 Å². The molecular formula is C27H26ClN3. The SMILES string of the molecule is C=C(c1nc(-c2cccc(Cl)c2)[nH]c1C)N(CCc1ccccc1)Cc1ccccc1. The zero-order chi connectivity index (χ0) is 21.6. The zero-order valence-electron chi connectivity index (χ0n) is 17.7. The lowest BCUT2D eigenvalue weighted by atomic mass is 10.1. The lowest BCUT2D eigenvalue weighted by Crippen LogP contribution is -2.24. The van der Waals surface area contributed by atoms with E-state index in [1.54, 1.807) is 0 Å². The third-order valence-electron chi connectivity index (χ3n) is 5.37. The van der Waals surface area contributed by atoms with Gasteiger partial charge in [0.05, 0.1) is 5.70 Å². The molecule has 0 bridgehead atoms. The normalized spacial score (nSPS) is 10.8. The molecule has 0 atom stereocenters. The molecule has 4 rings (SSSR count). The topological polar surface area (TPSA) is 31.9 Å². The fourth-order valence-electron chi connectivity index (χ4n) is 3.69. The summed E-state index contributed by atoms with van der Waals surface area (Å²) in [4.78, 5) is 10.6. The number of nitrogens with one attached hydrogen (secondary N) is 1. The van der Waals surface area contributed by atoms with Crippen molar-refractivity contribution < 1.29 is 0 Å². The summed E-state index contributed by atoms with van der Waals surface area (Å²) in [5.74, 6) is 0.805. The van der Waals surface area contributed by atoms with Crippen LogP contribution in [0.25, 0.3) is 17.1 Å². The number of hydrogen-bond acceptors (Lipinski definition) is 2. The summed E-state index contributed by atoms with van der Waals surface area (Å²) in [7, 11) is 0. The Labute approximate surface area is 189 Å².